The van der Waals surface area contributed by atoms with Crippen LogP contribution in [0.15, 0.2) is 24.3 Å². The Morgan fingerprint density at radius 1 is 1.45 bits per heavy atom. The highest BCUT2D eigenvalue weighted by Gasteiger charge is 2.16. The van der Waals surface area contributed by atoms with Gasteiger partial charge in [0.25, 0.3) is 5.91 Å². The van der Waals surface area contributed by atoms with Gasteiger partial charge in [0.2, 0.25) is 0 Å². The summed E-state index contributed by atoms with van der Waals surface area (Å²) in [4.78, 5) is 12.1. The molecule has 20 heavy (non-hydrogen) atoms. The van der Waals surface area contributed by atoms with Crippen molar-refractivity contribution in [2.24, 2.45) is 5.73 Å². The number of carbonyl (C=O) groups excluding carboxylic acids is 1. The monoisotopic (exact) mass is 294 g/mol. The Hall–Kier alpha value is -1.66. The number of benzene rings is 1. The van der Waals surface area contributed by atoms with Gasteiger partial charge in [0, 0.05) is 24.8 Å². The minimum Gasteiger partial charge on any atom is -0.484 e. The molecular weight excluding hydrogens is 276 g/mol. The van der Waals surface area contributed by atoms with Crippen LogP contribution in [0.4, 0.5) is 0 Å². The van der Waals surface area contributed by atoms with Crippen molar-refractivity contribution in [2.45, 2.75) is 18.9 Å². The molecule has 6 heteroatoms. The van der Waals surface area contributed by atoms with Gasteiger partial charge in [-0.1, -0.05) is 24.4 Å². The van der Waals surface area contributed by atoms with Crippen LogP contribution >= 0.6 is 12.2 Å². The van der Waals surface area contributed by atoms with E-state index < -0.39 is 0 Å². The third-order valence-corrected chi connectivity index (χ3v) is 3.31. The van der Waals surface area contributed by atoms with E-state index in [4.69, 9.17) is 27.4 Å². The van der Waals surface area contributed by atoms with E-state index in [1.54, 1.807) is 24.3 Å². The van der Waals surface area contributed by atoms with E-state index in [2.05, 4.69) is 5.32 Å². The first-order chi connectivity index (χ1) is 9.65. The van der Waals surface area contributed by atoms with E-state index in [1.807, 2.05) is 0 Å². The van der Waals surface area contributed by atoms with Gasteiger partial charge in [0.15, 0.2) is 6.61 Å². The lowest BCUT2D eigenvalue weighted by molar-refractivity contribution is -0.124. The molecule has 1 aromatic rings. The number of rotatable bonds is 5. The molecule has 0 aliphatic carbocycles. The second-order valence-electron chi connectivity index (χ2n) is 4.63. The van der Waals surface area contributed by atoms with Crippen molar-refractivity contribution in [1.29, 1.82) is 0 Å². The van der Waals surface area contributed by atoms with E-state index in [1.165, 1.54) is 0 Å². The van der Waals surface area contributed by atoms with Crippen LogP contribution in [0.25, 0.3) is 0 Å². The molecule has 1 aliphatic rings. The highest BCUT2D eigenvalue weighted by Crippen LogP contribution is 2.13. The molecule has 3 N–H and O–H groups in total. The van der Waals surface area contributed by atoms with Gasteiger partial charge in [-0.3, -0.25) is 4.79 Å². The molecule has 5 nitrogen and oxygen atoms in total. The Bertz CT molecular complexity index is 487. The Kier molecular flexibility index (Phi) is 5.31. The Labute approximate surface area is 123 Å². The minimum atomic E-state index is -0.127. The molecule has 0 aromatic heterocycles. The zero-order valence-electron chi connectivity index (χ0n) is 11.1. The summed E-state index contributed by atoms with van der Waals surface area (Å²) < 4.78 is 10.7. The normalized spacial score (nSPS) is 15.6. The standard InChI is InChI=1S/C14H18N2O3S/c15-14(20)10-2-1-3-12(8-10)19-9-13(17)16-11-4-6-18-7-5-11/h1-3,8,11H,4-7,9H2,(H2,15,20)(H,16,17). The van der Waals surface area contributed by atoms with Gasteiger partial charge in [-0.25, -0.2) is 0 Å². The van der Waals surface area contributed by atoms with Crippen molar-refractivity contribution >= 4 is 23.1 Å². The van der Waals surface area contributed by atoms with Gasteiger partial charge >= 0.3 is 0 Å². The third-order valence-electron chi connectivity index (χ3n) is 3.07. The lowest BCUT2D eigenvalue weighted by atomic mass is 10.1. The van der Waals surface area contributed by atoms with Crippen molar-refractivity contribution < 1.29 is 14.3 Å². The van der Waals surface area contributed by atoms with Crippen LogP contribution in [0.1, 0.15) is 18.4 Å². The van der Waals surface area contributed by atoms with Gasteiger partial charge < -0.3 is 20.5 Å². The SMILES string of the molecule is NC(=S)c1cccc(OCC(=O)NC2CCOCC2)c1. The number of nitrogens with one attached hydrogen (secondary N) is 1. The number of carbonyl (C=O) groups is 1. The van der Waals surface area contributed by atoms with Crippen molar-refractivity contribution in [3.05, 3.63) is 29.8 Å². The number of thiocarbonyl (C=S) groups is 1. The molecule has 0 atom stereocenters. The molecule has 0 unspecified atom stereocenters. The zero-order valence-corrected chi connectivity index (χ0v) is 11.9. The van der Waals surface area contributed by atoms with Gasteiger partial charge in [0.1, 0.15) is 10.7 Å². The number of hydrogen-bond donors (Lipinski definition) is 2. The summed E-state index contributed by atoms with van der Waals surface area (Å²) in [5.74, 6) is 0.454. The molecule has 0 radical (unpaired) electrons. The maximum Gasteiger partial charge on any atom is 0.258 e. The summed E-state index contributed by atoms with van der Waals surface area (Å²) in [6, 6.07) is 7.27. The van der Waals surface area contributed by atoms with Crippen molar-refractivity contribution in [1.82, 2.24) is 5.32 Å². The quantitative estimate of drug-likeness (QED) is 0.792. The predicted octanol–water partition coefficient (Wildman–Crippen LogP) is 0.995. The highest BCUT2D eigenvalue weighted by molar-refractivity contribution is 7.80. The average Bonchev–Trinajstić information content (AvgIpc) is 2.46. The van der Waals surface area contributed by atoms with Crippen molar-refractivity contribution in [3.63, 3.8) is 0 Å². The van der Waals surface area contributed by atoms with Gasteiger partial charge in [0.05, 0.1) is 0 Å². The molecule has 1 aromatic carbocycles. The highest BCUT2D eigenvalue weighted by atomic mass is 32.1. The molecule has 0 bridgehead atoms. The second kappa shape index (κ2) is 7.21. The van der Waals surface area contributed by atoms with E-state index in [0.717, 1.165) is 18.4 Å². The molecule has 1 aliphatic heterocycles. The minimum absolute atomic E-state index is 0.0157. The second-order valence-corrected chi connectivity index (χ2v) is 5.07. The summed E-state index contributed by atoms with van der Waals surface area (Å²) in [7, 11) is 0. The largest absolute Gasteiger partial charge is 0.484 e. The molecule has 2 rings (SSSR count). The van der Waals surface area contributed by atoms with E-state index >= 15 is 0 Å². The predicted molar refractivity (Wildman–Crippen MR) is 79.8 cm³/mol. The zero-order chi connectivity index (χ0) is 14.4. The lowest BCUT2D eigenvalue weighted by Gasteiger charge is -2.23. The lowest BCUT2D eigenvalue weighted by Crippen LogP contribution is -2.41. The Morgan fingerprint density at radius 2 is 2.20 bits per heavy atom. The van der Waals surface area contributed by atoms with E-state index in [9.17, 15) is 4.79 Å². The summed E-state index contributed by atoms with van der Waals surface area (Å²) in [5, 5.41) is 2.93. The average molecular weight is 294 g/mol. The molecule has 1 saturated heterocycles. The number of nitrogens with two attached hydrogens (primary N) is 1. The summed E-state index contributed by atoms with van der Waals surface area (Å²) in [6.07, 6.45) is 1.70. The van der Waals surface area contributed by atoms with E-state index in [0.29, 0.717) is 24.0 Å². The first-order valence-electron chi connectivity index (χ1n) is 6.55. The molecule has 1 amide bonds. The Balaban J connectivity index is 1.80. The van der Waals surface area contributed by atoms with Crippen LogP contribution < -0.4 is 15.8 Å². The van der Waals surface area contributed by atoms with Gasteiger partial charge in [-0.2, -0.15) is 0 Å². The fourth-order valence-corrected chi connectivity index (χ4v) is 2.13. The number of ether oxygens (including phenoxy) is 2. The summed E-state index contributed by atoms with van der Waals surface area (Å²) in [5.41, 5.74) is 6.27. The van der Waals surface area contributed by atoms with Crippen molar-refractivity contribution in [3.8, 4) is 5.75 Å². The Morgan fingerprint density at radius 3 is 2.90 bits per heavy atom. The first-order valence-corrected chi connectivity index (χ1v) is 6.96. The molecule has 1 heterocycles. The van der Waals surface area contributed by atoms with Gasteiger partial charge in [-0.15, -0.1) is 0 Å². The van der Waals surface area contributed by atoms with E-state index in [-0.39, 0.29) is 18.6 Å². The molecule has 0 spiro atoms. The fraction of sp³-hybridized carbons (Fsp3) is 0.429. The topological polar surface area (TPSA) is 73.6 Å². The smallest absolute Gasteiger partial charge is 0.258 e. The van der Waals surface area contributed by atoms with Gasteiger partial charge in [-0.05, 0) is 25.0 Å². The van der Waals surface area contributed by atoms with Crippen LogP contribution in [0.2, 0.25) is 0 Å². The first kappa shape index (κ1) is 14.7. The number of hydrogen-bond acceptors (Lipinski definition) is 4. The maximum absolute atomic E-state index is 11.8. The van der Waals surface area contributed by atoms with Crippen LogP contribution in [0.5, 0.6) is 5.75 Å². The summed E-state index contributed by atoms with van der Waals surface area (Å²) >= 11 is 4.90. The molecular formula is C14H18N2O3S. The number of amides is 1. The van der Waals surface area contributed by atoms with Crippen molar-refractivity contribution in [2.75, 3.05) is 19.8 Å². The summed E-state index contributed by atoms with van der Waals surface area (Å²) in [6.45, 7) is 1.38. The van der Waals surface area contributed by atoms with Crippen LogP contribution in [0, 0.1) is 0 Å². The molecule has 108 valence electrons. The fourth-order valence-electron chi connectivity index (χ4n) is 2.00. The van der Waals surface area contributed by atoms with Crippen LogP contribution in [-0.2, 0) is 9.53 Å². The maximum atomic E-state index is 11.8. The van der Waals surface area contributed by atoms with Crippen LogP contribution in [0.3, 0.4) is 0 Å². The third kappa shape index (κ3) is 4.47. The molecule has 1 fully saturated rings. The molecule has 0 saturated carbocycles. The van der Waals surface area contributed by atoms with Crippen LogP contribution in [-0.4, -0.2) is 36.8 Å².